The Balaban J connectivity index is 2.07. The van der Waals surface area contributed by atoms with Gasteiger partial charge < -0.3 is 5.73 Å². The highest BCUT2D eigenvalue weighted by Gasteiger charge is 2.34. The number of rotatable bonds is 5. The lowest BCUT2D eigenvalue weighted by molar-refractivity contribution is 0.100. The van der Waals surface area contributed by atoms with Crippen molar-refractivity contribution in [3.8, 4) is 22.4 Å². The number of carbonyl (C=O) groups is 1. The van der Waals surface area contributed by atoms with Crippen molar-refractivity contribution in [3.05, 3.63) is 57.4 Å². The number of aromatic nitrogens is 1. The Morgan fingerprint density at radius 3 is 2.54 bits per heavy atom. The molecule has 1 amide bonds. The lowest BCUT2D eigenvalue weighted by Gasteiger charge is -2.10. The monoisotopic (exact) mass is 432 g/mol. The van der Waals surface area contributed by atoms with Crippen LogP contribution in [0.4, 0.5) is 0 Å². The Bertz CT molecular complexity index is 1180. The van der Waals surface area contributed by atoms with Crippen molar-refractivity contribution in [1.82, 2.24) is 4.98 Å². The number of thiophene rings is 1. The topological polar surface area (TPSA) is 90.1 Å². The molecular formula is C20H17ClN2O3S2. The van der Waals surface area contributed by atoms with Crippen molar-refractivity contribution in [1.29, 1.82) is 0 Å². The summed E-state index contributed by atoms with van der Waals surface area (Å²) in [6.07, 6.45) is 4.90. The standard InChI is InChI=1S/C20H17ClN2O3S2/c1-28(25,26)14-9-12(8-13(21)10-14)16-17(15-4-2-3-7-23-15)18(11-5-6-11)27-19(16)20(22)24/h2-4,7-11H,5-6H2,1H3,(H2,22,24). The van der Waals surface area contributed by atoms with E-state index in [1.54, 1.807) is 18.3 Å². The average molecular weight is 433 g/mol. The van der Waals surface area contributed by atoms with E-state index >= 15 is 0 Å². The van der Waals surface area contributed by atoms with E-state index in [1.807, 2.05) is 18.2 Å². The molecule has 0 aliphatic heterocycles. The second-order valence-corrected chi connectivity index (χ2v) is 10.4. The third kappa shape index (κ3) is 3.57. The zero-order valence-corrected chi connectivity index (χ0v) is 17.4. The van der Waals surface area contributed by atoms with Crippen LogP contribution in [-0.4, -0.2) is 25.6 Å². The number of nitrogens with zero attached hydrogens (tertiary/aromatic N) is 1. The third-order valence-electron chi connectivity index (χ3n) is 4.62. The fraction of sp³-hybridized carbons (Fsp3) is 0.200. The van der Waals surface area contributed by atoms with Gasteiger partial charge in [0.1, 0.15) is 4.88 Å². The van der Waals surface area contributed by atoms with Crippen molar-refractivity contribution >= 4 is 38.7 Å². The summed E-state index contributed by atoms with van der Waals surface area (Å²) in [6, 6.07) is 10.2. The Labute approximate surface area is 172 Å². The van der Waals surface area contributed by atoms with Crippen LogP contribution in [0.2, 0.25) is 5.02 Å². The molecule has 1 fully saturated rings. The smallest absolute Gasteiger partial charge is 0.259 e. The van der Waals surface area contributed by atoms with Gasteiger partial charge in [0.25, 0.3) is 5.91 Å². The first-order valence-corrected chi connectivity index (χ1v) is 11.7. The fourth-order valence-corrected chi connectivity index (χ4v) is 5.55. The number of nitrogens with two attached hydrogens (primary N) is 1. The minimum absolute atomic E-state index is 0.0940. The molecule has 2 N–H and O–H groups in total. The molecule has 0 bridgehead atoms. The first-order valence-electron chi connectivity index (χ1n) is 8.64. The molecule has 0 atom stereocenters. The van der Waals surface area contributed by atoms with Gasteiger partial charge >= 0.3 is 0 Å². The Hall–Kier alpha value is -2.22. The van der Waals surface area contributed by atoms with Crippen LogP contribution in [0.1, 0.15) is 33.3 Å². The van der Waals surface area contributed by atoms with E-state index in [2.05, 4.69) is 4.98 Å². The molecule has 0 saturated heterocycles. The molecule has 1 aliphatic carbocycles. The number of carbonyl (C=O) groups excluding carboxylic acids is 1. The summed E-state index contributed by atoms with van der Waals surface area (Å²) in [7, 11) is -3.48. The maximum Gasteiger partial charge on any atom is 0.259 e. The zero-order valence-electron chi connectivity index (χ0n) is 15.0. The van der Waals surface area contributed by atoms with Gasteiger partial charge in [-0.2, -0.15) is 0 Å². The van der Waals surface area contributed by atoms with Crippen LogP contribution in [-0.2, 0) is 9.84 Å². The lowest BCUT2D eigenvalue weighted by atomic mass is 9.96. The van der Waals surface area contributed by atoms with E-state index < -0.39 is 15.7 Å². The zero-order chi connectivity index (χ0) is 20.1. The van der Waals surface area contributed by atoms with Gasteiger partial charge in [0.05, 0.1) is 10.6 Å². The molecular weight excluding hydrogens is 416 g/mol. The van der Waals surface area contributed by atoms with Gasteiger partial charge in [0.2, 0.25) is 0 Å². The van der Waals surface area contributed by atoms with Gasteiger partial charge in [-0.05, 0) is 54.7 Å². The molecule has 0 unspecified atom stereocenters. The molecule has 8 heteroatoms. The Morgan fingerprint density at radius 2 is 1.96 bits per heavy atom. The summed E-state index contributed by atoms with van der Waals surface area (Å²) in [5.41, 5.74) is 8.41. The maximum absolute atomic E-state index is 12.3. The first-order chi connectivity index (χ1) is 13.3. The largest absolute Gasteiger partial charge is 0.365 e. The summed E-state index contributed by atoms with van der Waals surface area (Å²) in [4.78, 5) is 18.3. The minimum Gasteiger partial charge on any atom is -0.365 e. The molecule has 0 radical (unpaired) electrons. The van der Waals surface area contributed by atoms with Gasteiger partial charge in [-0.3, -0.25) is 9.78 Å². The van der Waals surface area contributed by atoms with Crippen molar-refractivity contribution in [2.75, 3.05) is 6.26 Å². The SMILES string of the molecule is CS(=O)(=O)c1cc(Cl)cc(-c2c(C(N)=O)sc(C3CC3)c2-c2ccccn2)c1. The van der Waals surface area contributed by atoms with Crippen LogP contribution >= 0.6 is 22.9 Å². The van der Waals surface area contributed by atoms with Gasteiger partial charge in [0, 0.05) is 33.5 Å². The second kappa shape index (κ2) is 6.99. The third-order valence-corrected chi connectivity index (χ3v) is 7.29. The fourth-order valence-electron chi connectivity index (χ4n) is 3.22. The van der Waals surface area contributed by atoms with E-state index in [0.29, 0.717) is 21.9 Å². The molecule has 28 heavy (non-hydrogen) atoms. The van der Waals surface area contributed by atoms with Gasteiger partial charge in [-0.1, -0.05) is 17.7 Å². The van der Waals surface area contributed by atoms with E-state index in [9.17, 15) is 13.2 Å². The van der Waals surface area contributed by atoms with Gasteiger partial charge in [0.15, 0.2) is 9.84 Å². The number of pyridine rings is 1. The van der Waals surface area contributed by atoms with Crippen LogP contribution in [0, 0.1) is 0 Å². The van der Waals surface area contributed by atoms with E-state index in [1.165, 1.54) is 17.4 Å². The van der Waals surface area contributed by atoms with Crippen LogP contribution in [0.5, 0.6) is 0 Å². The predicted molar refractivity (Wildman–Crippen MR) is 112 cm³/mol. The van der Waals surface area contributed by atoms with E-state index in [0.717, 1.165) is 35.2 Å². The normalized spacial score (nSPS) is 14.2. The number of primary amides is 1. The van der Waals surface area contributed by atoms with Crippen molar-refractivity contribution in [3.63, 3.8) is 0 Å². The molecule has 0 spiro atoms. The van der Waals surface area contributed by atoms with E-state index in [-0.39, 0.29) is 9.92 Å². The molecule has 1 aliphatic rings. The van der Waals surface area contributed by atoms with Crippen LogP contribution in [0.3, 0.4) is 0 Å². The first kappa shape index (κ1) is 19.1. The predicted octanol–water partition coefficient (Wildman–Crippen LogP) is 4.51. The number of halogens is 1. The highest BCUT2D eigenvalue weighted by atomic mass is 35.5. The molecule has 3 aromatic rings. The summed E-state index contributed by atoms with van der Waals surface area (Å²) < 4.78 is 24.2. The van der Waals surface area contributed by atoms with Crippen molar-refractivity contribution < 1.29 is 13.2 Å². The summed E-state index contributed by atoms with van der Waals surface area (Å²) in [5, 5.41) is 0.277. The van der Waals surface area contributed by atoms with Crippen molar-refractivity contribution in [2.45, 2.75) is 23.7 Å². The Kier molecular flexibility index (Phi) is 4.77. The molecule has 5 nitrogen and oxygen atoms in total. The number of benzene rings is 1. The van der Waals surface area contributed by atoms with Gasteiger partial charge in [-0.15, -0.1) is 11.3 Å². The number of hydrogen-bond acceptors (Lipinski definition) is 5. The summed E-state index contributed by atoms with van der Waals surface area (Å²) in [6.45, 7) is 0. The maximum atomic E-state index is 12.3. The second-order valence-electron chi connectivity index (χ2n) is 6.85. The van der Waals surface area contributed by atoms with E-state index in [4.69, 9.17) is 17.3 Å². The van der Waals surface area contributed by atoms with Crippen LogP contribution < -0.4 is 5.73 Å². The van der Waals surface area contributed by atoms with Gasteiger partial charge in [-0.25, -0.2) is 8.42 Å². The highest BCUT2D eigenvalue weighted by molar-refractivity contribution is 7.90. The highest BCUT2D eigenvalue weighted by Crippen LogP contribution is 2.53. The molecule has 144 valence electrons. The molecule has 4 rings (SSSR count). The minimum atomic E-state index is -3.48. The van der Waals surface area contributed by atoms with Crippen LogP contribution in [0.25, 0.3) is 22.4 Å². The van der Waals surface area contributed by atoms with Crippen molar-refractivity contribution in [2.24, 2.45) is 5.73 Å². The average Bonchev–Trinajstić information content (AvgIpc) is 3.40. The molecule has 2 heterocycles. The molecule has 1 saturated carbocycles. The number of amides is 1. The lowest BCUT2D eigenvalue weighted by Crippen LogP contribution is -2.10. The van der Waals surface area contributed by atoms with Crippen LogP contribution in [0.15, 0.2) is 47.5 Å². The Morgan fingerprint density at radius 1 is 1.21 bits per heavy atom. The summed E-state index contributed by atoms with van der Waals surface area (Å²) >= 11 is 7.59. The number of sulfone groups is 1. The number of hydrogen-bond donors (Lipinski definition) is 1. The molecule has 1 aromatic carbocycles. The summed E-state index contributed by atoms with van der Waals surface area (Å²) in [5.74, 6) is -0.188. The quantitative estimate of drug-likeness (QED) is 0.642. The molecule has 2 aromatic heterocycles.